The van der Waals surface area contributed by atoms with Gasteiger partial charge in [0.2, 0.25) is 53.2 Å². The van der Waals surface area contributed by atoms with Crippen LogP contribution in [0.3, 0.4) is 0 Å². The zero-order valence-electron chi connectivity index (χ0n) is 50.7. The smallest absolute Gasteiger partial charge is 0.326 e. The summed E-state index contributed by atoms with van der Waals surface area (Å²) in [4.78, 5) is 158. The van der Waals surface area contributed by atoms with Crippen LogP contribution in [0.15, 0.2) is 56.1 Å². The van der Waals surface area contributed by atoms with E-state index in [1.165, 1.54) is 26.0 Å². The summed E-state index contributed by atoms with van der Waals surface area (Å²) in [6.07, 6.45) is 2.55. The van der Waals surface area contributed by atoms with E-state index in [4.69, 9.17) is 40.1 Å². The molecule has 0 bridgehead atoms. The summed E-state index contributed by atoms with van der Waals surface area (Å²) in [6.45, 7) is -1.46. The number of aliphatic imine (C=N–C) groups is 3. The Labute approximate surface area is 529 Å². The number of aliphatic carboxylic acids is 1. The summed E-state index contributed by atoms with van der Waals surface area (Å²) < 4.78 is 0. The Morgan fingerprint density at radius 3 is 1.91 bits per heavy atom. The van der Waals surface area contributed by atoms with E-state index in [0.717, 1.165) is 23.3 Å². The number of nitrogens with one attached hydrogen (secondary N) is 5. The Morgan fingerprint density at radius 2 is 1.27 bits per heavy atom. The number of hydrogen-bond acceptors (Lipinski definition) is 17. The molecule has 7 rings (SSSR count). The molecule has 33 heteroatoms. The molecule has 2 aromatic rings. The van der Waals surface area contributed by atoms with Gasteiger partial charge in [-0.25, -0.2) is 4.79 Å². The molecule has 32 nitrogen and oxygen atoms in total. The number of hydrogen-bond donors (Lipinski definition) is 15. The Kier molecular flexibility index (Phi) is 25.2. The highest BCUT2D eigenvalue weighted by Gasteiger charge is 2.53. The van der Waals surface area contributed by atoms with Crippen molar-refractivity contribution < 1.29 is 63.3 Å². The predicted octanol–water partition coefficient (Wildman–Crippen LogP) is -5.41. The number of carbonyl (C=O) groups excluding carboxylic acids is 9. The molecular formula is C58H87N19O13S. The number of nitrogens with two attached hydrogens (primary N) is 7. The van der Waals surface area contributed by atoms with Gasteiger partial charge < -0.3 is 102 Å². The quantitative estimate of drug-likeness (QED) is 0.0197. The Balaban J connectivity index is 1.01. The number of carboxylic acid groups (broad SMARTS) is 1. The van der Waals surface area contributed by atoms with Crippen LogP contribution >= 0.6 is 11.3 Å². The maximum atomic E-state index is 15.2. The minimum atomic E-state index is -1.66. The van der Waals surface area contributed by atoms with Crippen LogP contribution < -0.4 is 66.7 Å². The molecule has 1 aromatic carbocycles. The Bertz CT molecular complexity index is 3030. The minimum absolute atomic E-state index is 0.0000719. The highest BCUT2D eigenvalue weighted by Crippen LogP contribution is 2.43. The summed E-state index contributed by atoms with van der Waals surface area (Å²) in [6, 6.07) is -2.79. The first-order valence-electron chi connectivity index (χ1n) is 30.7. The third-order valence-electron chi connectivity index (χ3n) is 17.2. The average molecular weight is 1290 g/mol. The van der Waals surface area contributed by atoms with Gasteiger partial charge in [-0.15, -0.1) is 0 Å². The molecule has 1 saturated carbocycles. The summed E-state index contributed by atoms with van der Waals surface area (Å²) in [5.74, 6) is -8.34. The number of amides is 9. The molecule has 0 radical (unpaired) electrons. The van der Waals surface area contributed by atoms with E-state index in [-0.39, 0.29) is 133 Å². The van der Waals surface area contributed by atoms with Gasteiger partial charge >= 0.3 is 5.97 Å². The first kappa shape index (κ1) is 69.8. The van der Waals surface area contributed by atoms with Gasteiger partial charge in [-0.05, 0) is 110 Å². The number of likely N-dealkylation sites (tertiary alicyclic amines) is 3. The van der Waals surface area contributed by atoms with Crippen LogP contribution in [0.2, 0.25) is 0 Å². The number of carboxylic acids is 1. The molecule has 4 aliphatic heterocycles. The molecule has 5 aliphatic rings. The number of aliphatic hydroxyl groups excluding tert-OH is 2. The van der Waals surface area contributed by atoms with E-state index >= 15 is 4.79 Å². The van der Waals surface area contributed by atoms with Gasteiger partial charge in [-0.1, -0.05) is 30.7 Å². The van der Waals surface area contributed by atoms with Crippen LogP contribution in [-0.2, 0) is 67.3 Å². The van der Waals surface area contributed by atoms with E-state index in [9.17, 15) is 58.5 Å². The van der Waals surface area contributed by atoms with Gasteiger partial charge in [-0.2, -0.15) is 11.3 Å². The molecule has 1 aromatic heterocycles. The van der Waals surface area contributed by atoms with Crippen molar-refractivity contribution in [1.82, 2.24) is 46.2 Å². The maximum Gasteiger partial charge on any atom is 0.326 e. The van der Waals surface area contributed by atoms with Crippen LogP contribution in [0.4, 0.5) is 0 Å². The third-order valence-corrected chi connectivity index (χ3v) is 17.9. The third kappa shape index (κ3) is 18.7. The number of rotatable bonds is 30. The summed E-state index contributed by atoms with van der Waals surface area (Å²) in [7, 11) is 0. The molecule has 91 heavy (non-hydrogen) atoms. The first-order chi connectivity index (χ1) is 43.4. The Hall–Kier alpha value is -8.69. The average Bonchev–Trinajstić information content (AvgIpc) is 1.70. The largest absolute Gasteiger partial charge is 0.480 e. The maximum absolute atomic E-state index is 15.2. The molecule has 22 N–H and O–H groups in total. The molecule has 5 heterocycles. The zero-order valence-corrected chi connectivity index (χ0v) is 51.6. The molecule has 498 valence electrons. The van der Waals surface area contributed by atoms with Gasteiger partial charge in [0, 0.05) is 64.6 Å². The second kappa shape index (κ2) is 32.9. The van der Waals surface area contributed by atoms with Crippen molar-refractivity contribution in [3.05, 3.63) is 57.8 Å². The second-order valence-electron chi connectivity index (χ2n) is 23.6. The van der Waals surface area contributed by atoms with Crippen LogP contribution in [0.1, 0.15) is 100 Å². The summed E-state index contributed by atoms with van der Waals surface area (Å²) in [5, 5.41) is 48.4. The van der Waals surface area contributed by atoms with Crippen molar-refractivity contribution in [2.45, 2.75) is 169 Å². The van der Waals surface area contributed by atoms with Crippen LogP contribution in [0.5, 0.6) is 0 Å². The fourth-order valence-corrected chi connectivity index (χ4v) is 13.4. The molecule has 4 fully saturated rings. The second-order valence-corrected chi connectivity index (χ2v) is 24.4. The number of fused-ring (bicyclic) bond motifs is 2. The van der Waals surface area contributed by atoms with Crippen LogP contribution in [-0.4, -0.2) is 224 Å². The molecule has 3 saturated heterocycles. The monoisotopic (exact) mass is 1290 g/mol. The normalized spacial score (nSPS) is 22.4. The number of nitrogens with zero attached hydrogens (tertiary/aromatic N) is 7. The number of benzene rings is 1. The number of aliphatic hydroxyl groups is 2. The number of thiophene rings is 1. The molecule has 1 aliphatic carbocycles. The molecule has 0 spiro atoms. The Morgan fingerprint density at radius 1 is 0.637 bits per heavy atom. The highest BCUT2D eigenvalue weighted by atomic mass is 32.1. The van der Waals surface area contributed by atoms with Crippen LogP contribution in [0, 0.1) is 5.92 Å². The molecule has 9 amide bonds. The van der Waals surface area contributed by atoms with Gasteiger partial charge in [0.05, 0.1) is 25.3 Å². The lowest BCUT2D eigenvalue weighted by Crippen LogP contribution is -2.62. The summed E-state index contributed by atoms with van der Waals surface area (Å²) in [5.41, 5.74) is 40.9. The lowest BCUT2D eigenvalue weighted by atomic mass is 9.92. The van der Waals surface area contributed by atoms with Crippen LogP contribution in [0.25, 0.3) is 0 Å². The minimum Gasteiger partial charge on any atom is -0.480 e. The standard InChI is InChI=1S/C58H87N19O13S/c59-36(11-4-17-66-56(60)61)47(81)71-37(12-5-18-67-57(62)63)51(85)74-20-7-15-42(74)53(87)76-28-35(79)25-43(76)49(83)69-26-46(80)70-39(22-31-16-21-91-30-31)48(82)73-40(29-78)52(86)75-27-34-9-2-1-8-32(34)23-45(75)54(88)77-41-14-3-10-33(41)24-44(77)50(84)72-38(55(89)90)13-6-19-68-58(64)65/h1-2,8-9,16,21,30,33,35-45,78-79H,3-7,10-15,17-20,22-29,59H2,(H,69,83)(H,70,80)(H,71,81)(H,72,84)(H,73,82)(H,89,90)(H4,60,61,66)(H4,62,63,67)(H4,64,65,68). The van der Waals surface area contributed by atoms with Crippen molar-refractivity contribution in [3.63, 3.8) is 0 Å². The lowest BCUT2D eigenvalue weighted by molar-refractivity contribution is -0.153. The highest BCUT2D eigenvalue weighted by molar-refractivity contribution is 7.08. The van der Waals surface area contributed by atoms with Crippen molar-refractivity contribution in [3.8, 4) is 0 Å². The fourth-order valence-electron chi connectivity index (χ4n) is 12.7. The van der Waals surface area contributed by atoms with Gasteiger partial charge in [0.25, 0.3) is 0 Å². The SMILES string of the molecule is NC(N)=NCCCC(N)C(=O)NC(CCCN=C(N)N)C(=O)N1CCCC1C(=O)N1CC(O)CC1C(=O)NCC(=O)NC(Cc1ccsc1)C(=O)NC(CO)C(=O)N1Cc2ccccc2CC1C(=O)N1C(C(=O)NC(CCCN=C(N)N)C(=O)O)CC2CCCC21. The molecule has 12 unspecified atom stereocenters. The van der Waals surface area contributed by atoms with Gasteiger partial charge in [0.1, 0.15) is 48.3 Å². The number of carbonyl (C=O) groups is 10. The van der Waals surface area contributed by atoms with Crippen molar-refractivity contribution in [1.29, 1.82) is 0 Å². The van der Waals surface area contributed by atoms with E-state index in [1.807, 2.05) is 6.07 Å². The van der Waals surface area contributed by atoms with E-state index in [0.29, 0.717) is 30.4 Å². The summed E-state index contributed by atoms with van der Waals surface area (Å²) >= 11 is 1.31. The zero-order chi connectivity index (χ0) is 66.1. The predicted molar refractivity (Wildman–Crippen MR) is 333 cm³/mol. The van der Waals surface area contributed by atoms with E-state index in [1.54, 1.807) is 35.0 Å². The lowest BCUT2D eigenvalue weighted by Gasteiger charge is -2.41. The van der Waals surface area contributed by atoms with Crippen molar-refractivity contribution in [2.75, 3.05) is 45.9 Å². The van der Waals surface area contributed by atoms with Gasteiger partial charge in [-0.3, -0.25) is 58.1 Å². The molecular weight excluding hydrogens is 1200 g/mol. The number of β-amino-alcohol motifs (C(OH)–C–C–N with tert-alkyl or cyclic N) is 1. The van der Waals surface area contributed by atoms with Gasteiger partial charge in [0.15, 0.2) is 17.9 Å². The first-order valence-corrected chi connectivity index (χ1v) is 31.6. The van der Waals surface area contributed by atoms with E-state index in [2.05, 4.69) is 41.6 Å². The number of guanidine groups is 3. The fraction of sp³-hybridized carbons (Fsp3) is 0.603. The molecule has 12 atom stereocenters. The van der Waals surface area contributed by atoms with E-state index < -0.39 is 133 Å². The van der Waals surface area contributed by atoms with Crippen molar-refractivity contribution in [2.24, 2.45) is 61.0 Å². The van der Waals surface area contributed by atoms with Crippen molar-refractivity contribution >= 4 is 88.3 Å². The topological polar surface area (TPSA) is 524 Å².